The molecule has 2 rings (SSSR count). The summed E-state index contributed by atoms with van der Waals surface area (Å²) in [6.07, 6.45) is 3.75. The fourth-order valence-corrected chi connectivity index (χ4v) is 3.59. The smallest absolute Gasteiger partial charge is 0.123 e. The van der Waals surface area contributed by atoms with Crippen molar-refractivity contribution in [2.24, 2.45) is 0 Å². The highest BCUT2D eigenvalue weighted by atomic mass is 79.9. The van der Waals surface area contributed by atoms with E-state index >= 15 is 0 Å². The van der Waals surface area contributed by atoms with Crippen molar-refractivity contribution in [2.75, 3.05) is 0 Å². The summed E-state index contributed by atoms with van der Waals surface area (Å²) >= 11 is 3.51. The summed E-state index contributed by atoms with van der Waals surface area (Å²) in [7, 11) is 0. The summed E-state index contributed by atoms with van der Waals surface area (Å²) in [6, 6.07) is 5.29. The Morgan fingerprint density at radius 3 is 2.78 bits per heavy atom. The molecule has 100 valence electrons. The van der Waals surface area contributed by atoms with Crippen LogP contribution in [0.4, 0.5) is 0 Å². The molecule has 2 unspecified atom stereocenters. The molecule has 1 aliphatic heterocycles. The molecule has 1 fully saturated rings. The fourth-order valence-electron chi connectivity index (χ4n) is 2.97. The van der Waals surface area contributed by atoms with Gasteiger partial charge in [-0.2, -0.15) is 0 Å². The third-order valence-corrected chi connectivity index (χ3v) is 4.58. The van der Waals surface area contributed by atoms with Crippen LogP contribution in [0, 0.1) is 6.92 Å². The van der Waals surface area contributed by atoms with Crippen LogP contribution in [-0.2, 0) is 6.54 Å². The van der Waals surface area contributed by atoms with E-state index in [-0.39, 0.29) is 0 Å². The van der Waals surface area contributed by atoms with Crippen molar-refractivity contribution < 1.29 is 5.11 Å². The molecule has 3 heteroatoms. The Labute approximate surface area is 118 Å². The Morgan fingerprint density at radius 2 is 2.11 bits per heavy atom. The average Bonchev–Trinajstić information content (AvgIpc) is 2.67. The summed E-state index contributed by atoms with van der Waals surface area (Å²) in [5, 5.41) is 10.2. The predicted octanol–water partition coefficient (Wildman–Crippen LogP) is 4.23. The van der Waals surface area contributed by atoms with Gasteiger partial charge in [-0.25, -0.2) is 0 Å². The minimum atomic E-state index is 0.451. The highest BCUT2D eigenvalue weighted by molar-refractivity contribution is 9.10. The minimum Gasteiger partial charge on any atom is -0.507 e. The molecule has 2 atom stereocenters. The molecule has 1 heterocycles. The molecule has 18 heavy (non-hydrogen) atoms. The van der Waals surface area contributed by atoms with E-state index in [1.165, 1.54) is 19.3 Å². The van der Waals surface area contributed by atoms with Crippen LogP contribution < -0.4 is 0 Å². The van der Waals surface area contributed by atoms with E-state index in [1.807, 2.05) is 19.1 Å². The lowest BCUT2D eigenvalue weighted by Gasteiger charge is -2.28. The Bertz CT molecular complexity index is 433. The van der Waals surface area contributed by atoms with Crippen LogP contribution in [0.3, 0.4) is 0 Å². The van der Waals surface area contributed by atoms with Crippen molar-refractivity contribution in [3.05, 3.63) is 27.7 Å². The van der Waals surface area contributed by atoms with Gasteiger partial charge < -0.3 is 5.11 Å². The van der Waals surface area contributed by atoms with Crippen LogP contribution >= 0.6 is 15.9 Å². The van der Waals surface area contributed by atoms with Gasteiger partial charge in [0.05, 0.1) is 0 Å². The van der Waals surface area contributed by atoms with Gasteiger partial charge in [0.15, 0.2) is 0 Å². The molecule has 1 aromatic rings. The first-order chi connectivity index (χ1) is 8.52. The number of hydrogen-bond acceptors (Lipinski definition) is 2. The first kappa shape index (κ1) is 13.9. The summed E-state index contributed by atoms with van der Waals surface area (Å²) in [6.45, 7) is 7.35. The highest BCUT2D eigenvalue weighted by Gasteiger charge is 2.29. The lowest BCUT2D eigenvalue weighted by molar-refractivity contribution is 0.187. The van der Waals surface area contributed by atoms with E-state index in [0.29, 0.717) is 17.8 Å². The van der Waals surface area contributed by atoms with Gasteiger partial charge in [0, 0.05) is 28.7 Å². The number of likely N-dealkylation sites (tertiary alicyclic amines) is 1. The average molecular weight is 312 g/mol. The molecular formula is C15H22BrNO. The van der Waals surface area contributed by atoms with Gasteiger partial charge in [-0.15, -0.1) is 0 Å². The van der Waals surface area contributed by atoms with Gasteiger partial charge in [-0.1, -0.05) is 22.9 Å². The van der Waals surface area contributed by atoms with E-state index in [9.17, 15) is 5.11 Å². The first-order valence-electron chi connectivity index (χ1n) is 6.76. The standard InChI is InChI=1S/C15H22BrNO/c1-4-14-6-5-11(3)17(14)9-12-8-13(16)7-10(2)15(12)18/h7-8,11,14,18H,4-6,9H2,1-3H3. The maximum atomic E-state index is 10.2. The lowest BCUT2D eigenvalue weighted by atomic mass is 10.1. The van der Waals surface area contributed by atoms with Crippen LogP contribution in [0.25, 0.3) is 0 Å². The van der Waals surface area contributed by atoms with E-state index in [1.54, 1.807) is 0 Å². The summed E-state index contributed by atoms with van der Waals surface area (Å²) in [5.74, 6) is 0.451. The number of nitrogens with zero attached hydrogens (tertiary/aromatic N) is 1. The number of aryl methyl sites for hydroxylation is 1. The number of phenolic OH excluding ortho intramolecular Hbond substituents is 1. The summed E-state index contributed by atoms with van der Waals surface area (Å²) in [5.41, 5.74) is 1.98. The highest BCUT2D eigenvalue weighted by Crippen LogP contribution is 2.32. The van der Waals surface area contributed by atoms with E-state index < -0.39 is 0 Å². The second-order valence-corrected chi connectivity index (χ2v) is 6.31. The van der Waals surface area contributed by atoms with Crippen molar-refractivity contribution >= 4 is 15.9 Å². The molecular weight excluding hydrogens is 290 g/mol. The molecule has 0 spiro atoms. The zero-order valence-electron chi connectivity index (χ0n) is 11.4. The molecule has 0 radical (unpaired) electrons. The van der Waals surface area contributed by atoms with Gasteiger partial charge >= 0.3 is 0 Å². The van der Waals surface area contributed by atoms with E-state index in [4.69, 9.17) is 0 Å². The Kier molecular flexibility index (Phi) is 4.33. The first-order valence-corrected chi connectivity index (χ1v) is 7.56. The van der Waals surface area contributed by atoms with Crippen LogP contribution in [-0.4, -0.2) is 22.1 Å². The molecule has 1 aromatic carbocycles. The molecule has 0 aliphatic carbocycles. The number of aromatic hydroxyl groups is 1. The maximum absolute atomic E-state index is 10.2. The third-order valence-electron chi connectivity index (χ3n) is 4.12. The molecule has 0 aromatic heterocycles. The predicted molar refractivity (Wildman–Crippen MR) is 78.9 cm³/mol. The zero-order valence-corrected chi connectivity index (χ0v) is 13.0. The molecule has 0 amide bonds. The maximum Gasteiger partial charge on any atom is 0.123 e. The second kappa shape index (κ2) is 5.62. The van der Waals surface area contributed by atoms with Crippen molar-refractivity contribution in [1.82, 2.24) is 4.90 Å². The molecule has 0 saturated carbocycles. The molecule has 2 nitrogen and oxygen atoms in total. The number of rotatable bonds is 3. The van der Waals surface area contributed by atoms with Crippen LogP contribution in [0.15, 0.2) is 16.6 Å². The molecule has 0 bridgehead atoms. The summed E-state index contributed by atoms with van der Waals surface area (Å²) < 4.78 is 1.05. The van der Waals surface area contributed by atoms with Crippen molar-refractivity contribution in [2.45, 2.75) is 58.7 Å². The zero-order chi connectivity index (χ0) is 13.3. The number of halogens is 1. The summed E-state index contributed by atoms with van der Waals surface area (Å²) in [4.78, 5) is 2.53. The van der Waals surface area contributed by atoms with Gasteiger partial charge in [-0.3, -0.25) is 4.90 Å². The lowest BCUT2D eigenvalue weighted by Crippen LogP contribution is -2.33. The second-order valence-electron chi connectivity index (χ2n) is 5.39. The molecule has 1 N–H and O–H groups in total. The molecule has 1 saturated heterocycles. The van der Waals surface area contributed by atoms with Crippen LogP contribution in [0.5, 0.6) is 5.75 Å². The van der Waals surface area contributed by atoms with Crippen LogP contribution in [0.1, 0.15) is 44.2 Å². The van der Waals surface area contributed by atoms with E-state index in [2.05, 4.69) is 34.7 Å². The van der Waals surface area contributed by atoms with Gasteiger partial charge in [0.1, 0.15) is 5.75 Å². The van der Waals surface area contributed by atoms with Crippen molar-refractivity contribution in [3.63, 3.8) is 0 Å². The Hall–Kier alpha value is -0.540. The largest absolute Gasteiger partial charge is 0.507 e. The van der Waals surface area contributed by atoms with E-state index in [0.717, 1.165) is 22.1 Å². The SMILES string of the molecule is CCC1CCC(C)N1Cc1cc(Br)cc(C)c1O. The minimum absolute atomic E-state index is 0.451. The Balaban J connectivity index is 2.23. The van der Waals surface area contributed by atoms with Gasteiger partial charge in [0.25, 0.3) is 0 Å². The topological polar surface area (TPSA) is 23.5 Å². The quantitative estimate of drug-likeness (QED) is 0.903. The van der Waals surface area contributed by atoms with Crippen molar-refractivity contribution in [1.29, 1.82) is 0 Å². The number of phenols is 1. The number of hydrogen-bond donors (Lipinski definition) is 1. The van der Waals surface area contributed by atoms with Gasteiger partial charge in [-0.05, 0) is 50.8 Å². The third kappa shape index (κ3) is 2.72. The Morgan fingerprint density at radius 1 is 1.39 bits per heavy atom. The van der Waals surface area contributed by atoms with Gasteiger partial charge in [0.2, 0.25) is 0 Å². The fraction of sp³-hybridized carbons (Fsp3) is 0.600. The van der Waals surface area contributed by atoms with Crippen molar-refractivity contribution in [3.8, 4) is 5.75 Å². The normalized spacial score (nSPS) is 24.7. The number of benzene rings is 1. The monoisotopic (exact) mass is 311 g/mol. The van der Waals surface area contributed by atoms with Crippen LogP contribution in [0.2, 0.25) is 0 Å². The molecule has 1 aliphatic rings.